The van der Waals surface area contributed by atoms with E-state index in [1.54, 1.807) is 20.2 Å². The van der Waals surface area contributed by atoms with Crippen LogP contribution in [0.25, 0.3) is 11.1 Å². The largest absolute Gasteiger partial charge is 0.369 e. The van der Waals surface area contributed by atoms with Crippen LogP contribution in [-0.4, -0.2) is 35.9 Å². The fourth-order valence-corrected chi connectivity index (χ4v) is 2.80. The van der Waals surface area contributed by atoms with E-state index in [1.165, 1.54) is 21.9 Å². The van der Waals surface area contributed by atoms with Crippen LogP contribution in [0.5, 0.6) is 0 Å². The van der Waals surface area contributed by atoms with E-state index >= 15 is 0 Å². The number of halogens is 1. The Kier molecular flexibility index (Phi) is 3.75. The van der Waals surface area contributed by atoms with Gasteiger partial charge < -0.3 is 5.73 Å². The van der Waals surface area contributed by atoms with Gasteiger partial charge in [-0.1, -0.05) is 30.3 Å². The Bertz CT molecular complexity index is 835. The molecule has 0 fully saturated rings. The van der Waals surface area contributed by atoms with Crippen molar-refractivity contribution in [1.82, 2.24) is 9.80 Å². The van der Waals surface area contributed by atoms with E-state index < -0.39 is 5.66 Å². The molecule has 124 valence electrons. The number of guanidine groups is 1. The third-order valence-corrected chi connectivity index (χ3v) is 4.47. The summed E-state index contributed by atoms with van der Waals surface area (Å²) in [4.78, 5) is 19.7. The minimum atomic E-state index is -0.920. The molecule has 0 spiro atoms. The Hall–Kier alpha value is -2.89. The predicted molar refractivity (Wildman–Crippen MR) is 91.7 cm³/mol. The van der Waals surface area contributed by atoms with Gasteiger partial charge in [0, 0.05) is 19.7 Å². The normalized spacial score (nSPS) is 21.0. The van der Waals surface area contributed by atoms with Crippen molar-refractivity contribution in [3.8, 4) is 11.1 Å². The third-order valence-electron chi connectivity index (χ3n) is 4.47. The molecule has 5 nitrogen and oxygen atoms in total. The van der Waals surface area contributed by atoms with E-state index in [1.807, 2.05) is 37.3 Å². The van der Waals surface area contributed by atoms with Gasteiger partial charge in [0.05, 0.1) is 0 Å². The number of hydrogen-bond donors (Lipinski definition) is 1. The van der Waals surface area contributed by atoms with Gasteiger partial charge in [0.1, 0.15) is 5.82 Å². The summed E-state index contributed by atoms with van der Waals surface area (Å²) in [6.45, 7) is 1.83. The second-order valence-corrected chi connectivity index (χ2v) is 5.98. The summed E-state index contributed by atoms with van der Waals surface area (Å²) in [5, 5.41) is 0. The minimum Gasteiger partial charge on any atom is -0.369 e. The van der Waals surface area contributed by atoms with Gasteiger partial charge in [-0.25, -0.2) is 14.2 Å². The smallest absolute Gasteiger partial charge is 0.328 e. The first-order valence-electron chi connectivity index (χ1n) is 7.56. The second kappa shape index (κ2) is 5.63. The molecule has 1 aliphatic rings. The van der Waals surface area contributed by atoms with Gasteiger partial charge in [0.15, 0.2) is 5.66 Å². The molecule has 0 saturated heterocycles. The summed E-state index contributed by atoms with van der Waals surface area (Å²) in [5.41, 5.74) is 7.39. The molecule has 0 bridgehead atoms. The van der Waals surface area contributed by atoms with E-state index in [9.17, 15) is 9.18 Å². The highest BCUT2D eigenvalue weighted by molar-refractivity contribution is 5.97. The van der Waals surface area contributed by atoms with Crippen LogP contribution >= 0.6 is 0 Å². The zero-order chi connectivity index (χ0) is 17.5. The maximum atomic E-state index is 13.5. The zero-order valence-electron chi connectivity index (χ0n) is 13.8. The summed E-state index contributed by atoms with van der Waals surface area (Å²) < 4.78 is 13.5. The summed E-state index contributed by atoms with van der Waals surface area (Å²) >= 11 is 0. The highest BCUT2D eigenvalue weighted by Gasteiger charge is 2.40. The lowest BCUT2D eigenvalue weighted by atomic mass is 9.95. The molecule has 6 heteroatoms. The van der Waals surface area contributed by atoms with Crippen LogP contribution in [0.15, 0.2) is 53.5 Å². The number of carbonyl (C=O) groups excluding carboxylic acids is 1. The van der Waals surface area contributed by atoms with Crippen LogP contribution in [0.4, 0.5) is 9.18 Å². The van der Waals surface area contributed by atoms with Crippen LogP contribution < -0.4 is 5.73 Å². The van der Waals surface area contributed by atoms with Crippen molar-refractivity contribution in [2.24, 2.45) is 10.7 Å². The molecule has 0 aromatic heterocycles. The molecule has 24 heavy (non-hydrogen) atoms. The van der Waals surface area contributed by atoms with Crippen molar-refractivity contribution in [3.05, 3.63) is 59.9 Å². The van der Waals surface area contributed by atoms with Crippen molar-refractivity contribution in [2.75, 3.05) is 14.1 Å². The van der Waals surface area contributed by atoms with E-state index in [-0.39, 0.29) is 17.8 Å². The second-order valence-electron chi connectivity index (χ2n) is 5.98. The van der Waals surface area contributed by atoms with E-state index in [0.717, 1.165) is 16.7 Å². The third kappa shape index (κ3) is 2.50. The summed E-state index contributed by atoms with van der Waals surface area (Å²) in [6.07, 6.45) is 0. The SMILES string of the molecule is CN1C(=O)N(C)C(C)(c2cccc(-c3cccc(F)c3)c2)N=C1N. The molecule has 1 heterocycles. The Morgan fingerprint density at radius 1 is 1.08 bits per heavy atom. The standard InChI is InChI=1S/C18H19FN4O/c1-18(21-16(20)22(2)17(24)23(18)3)14-8-4-6-12(10-14)13-7-5-9-15(19)11-13/h4-11H,1-3H3,(H2,20,21). The Morgan fingerprint density at radius 2 is 1.71 bits per heavy atom. The number of aliphatic imine (C=N–C) groups is 1. The van der Waals surface area contributed by atoms with Gasteiger partial charge in [-0.15, -0.1) is 0 Å². The number of carbonyl (C=O) groups is 1. The number of urea groups is 1. The molecule has 2 N–H and O–H groups in total. The highest BCUT2D eigenvalue weighted by Crippen LogP contribution is 2.34. The van der Waals surface area contributed by atoms with Gasteiger partial charge in [0.2, 0.25) is 5.96 Å². The number of benzene rings is 2. The Labute approximate surface area is 140 Å². The molecule has 1 atom stereocenters. The molecule has 1 aliphatic heterocycles. The first-order chi connectivity index (χ1) is 11.3. The van der Waals surface area contributed by atoms with Crippen molar-refractivity contribution < 1.29 is 9.18 Å². The van der Waals surface area contributed by atoms with Crippen LogP contribution in [-0.2, 0) is 5.66 Å². The molecular weight excluding hydrogens is 307 g/mol. The van der Waals surface area contributed by atoms with Crippen LogP contribution in [0.1, 0.15) is 12.5 Å². The maximum Gasteiger partial charge on any atom is 0.328 e. The van der Waals surface area contributed by atoms with Gasteiger partial charge in [-0.3, -0.25) is 9.80 Å². The van der Waals surface area contributed by atoms with Gasteiger partial charge in [0.25, 0.3) is 0 Å². The molecule has 2 aromatic carbocycles. The average molecular weight is 326 g/mol. The summed E-state index contributed by atoms with van der Waals surface area (Å²) in [5.74, 6) is -0.130. The van der Waals surface area contributed by atoms with Crippen molar-refractivity contribution >= 4 is 12.0 Å². The molecule has 0 radical (unpaired) electrons. The van der Waals surface area contributed by atoms with Gasteiger partial charge in [-0.05, 0) is 36.2 Å². The Balaban J connectivity index is 2.10. The summed E-state index contributed by atoms with van der Waals surface area (Å²) in [6, 6.07) is 13.7. The number of rotatable bonds is 2. The minimum absolute atomic E-state index is 0.164. The number of nitrogens with zero attached hydrogens (tertiary/aromatic N) is 3. The highest BCUT2D eigenvalue weighted by atomic mass is 19.1. The van der Waals surface area contributed by atoms with Gasteiger partial charge >= 0.3 is 6.03 Å². The molecule has 0 saturated carbocycles. The average Bonchev–Trinajstić information content (AvgIpc) is 2.58. The van der Waals surface area contributed by atoms with Crippen molar-refractivity contribution in [3.63, 3.8) is 0 Å². The zero-order valence-corrected chi connectivity index (χ0v) is 13.8. The van der Waals surface area contributed by atoms with E-state index in [0.29, 0.717) is 0 Å². The molecule has 3 rings (SSSR count). The lowest BCUT2D eigenvalue weighted by Gasteiger charge is -2.42. The monoisotopic (exact) mass is 326 g/mol. The summed E-state index contributed by atoms with van der Waals surface area (Å²) in [7, 11) is 3.27. The topological polar surface area (TPSA) is 61.9 Å². The lowest BCUT2D eigenvalue weighted by Crippen LogP contribution is -2.57. The Morgan fingerprint density at radius 3 is 2.38 bits per heavy atom. The fraction of sp³-hybridized carbons (Fsp3) is 0.222. The molecule has 0 aliphatic carbocycles. The molecular formula is C18H19FN4O. The lowest BCUT2D eigenvalue weighted by molar-refractivity contribution is 0.123. The maximum absolute atomic E-state index is 13.5. The first kappa shape index (κ1) is 16.0. The van der Waals surface area contributed by atoms with E-state index in [4.69, 9.17) is 5.73 Å². The van der Waals surface area contributed by atoms with Crippen LogP contribution in [0.2, 0.25) is 0 Å². The van der Waals surface area contributed by atoms with Crippen molar-refractivity contribution in [2.45, 2.75) is 12.6 Å². The van der Waals surface area contributed by atoms with Crippen molar-refractivity contribution in [1.29, 1.82) is 0 Å². The first-order valence-corrected chi connectivity index (χ1v) is 7.56. The molecule has 2 amide bonds. The van der Waals surface area contributed by atoms with Crippen LogP contribution in [0, 0.1) is 5.82 Å². The number of nitrogens with two attached hydrogens (primary N) is 1. The number of amides is 2. The quantitative estimate of drug-likeness (QED) is 0.922. The molecule has 2 aromatic rings. The number of hydrogen-bond acceptors (Lipinski definition) is 3. The van der Waals surface area contributed by atoms with Crippen LogP contribution in [0.3, 0.4) is 0 Å². The fourth-order valence-electron chi connectivity index (χ4n) is 2.80. The molecule has 1 unspecified atom stereocenters. The predicted octanol–water partition coefficient (Wildman–Crippen LogP) is 2.98. The van der Waals surface area contributed by atoms with Gasteiger partial charge in [-0.2, -0.15) is 0 Å². The van der Waals surface area contributed by atoms with E-state index in [2.05, 4.69) is 4.99 Å².